The Bertz CT molecular complexity index is 1020. The molecule has 0 aliphatic heterocycles. The van der Waals surface area contributed by atoms with Gasteiger partial charge in [0.25, 0.3) is 0 Å². The van der Waals surface area contributed by atoms with Crippen LogP contribution in [0.5, 0.6) is 0 Å². The first kappa shape index (κ1) is 25.1. The topological polar surface area (TPSA) is 89.9 Å². The Balaban J connectivity index is 1.63. The van der Waals surface area contributed by atoms with Crippen LogP contribution in [0.2, 0.25) is 0 Å². The van der Waals surface area contributed by atoms with E-state index in [1.165, 1.54) is 0 Å². The smallest absolute Gasteiger partial charge is 0.244 e. The predicted octanol–water partition coefficient (Wildman–Crippen LogP) is 4.21. The highest BCUT2D eigenvalue weighted by molar-refractivity contribution is 5.85. The van der Waals surface area contributed by atoms with Gasteiger partial charge in [-0.15, -0.1) is 0 Å². The number of benzene rings is 3. The van der Waals surface area contributed by atoms with Crippen molar-refractivity contribution >= 4 is 11.8 Å². The van der Waals surface area contributed by atoms with Crippen LogP contribution >= 0.6 is 0 Å². The molecule has 0 unspecified atom stereocenters. The van der Waals surface area contributed by atoms with Gasteiger partial charge in [-0.3, -0.25) is 14.8 Å². The summed E-state index contributed by atoms with van der Waals surface area (Å²) in [5, 5.41) is 18.5. The zero-order chi connectivity index (χ0) is 24.2. The van der Waals surface area contributed by atoms with Gasteiger partial charge in [0.05, 0.1) is 6.61 Å². The first-order chi connectivity index (χ1) is 16.6. The Morgan fingerprint density at radius 1 is 0.824 bits per heavy atom. The lowest BCUT2D eigenvalue weighted by Gasteiger charge is -2.27. The number of hydrogen-bond donors (Lipinski definition) is 3. The normalized spacial score (nSPS) is 11.6. The second kappa shape index (κ2) is 13.3. The second-order valence-corrected chi connectivity index (χ2v) is 8.36. The molecular formula is C28H32N2O4. The number of hydroxylamine groups is 1. The Morgan fingerprint density at radius 2 is 1.44 bits per heavy atom. The van der Waals surface area contributed by atoms with E-state index in [1.54, 1.807) is 10.4 Å². The number of aliphatic hydroxyl groups is 1. The molecule has 2 amide bonds. The molecule has 0 heterocycles. The van der Waals surface area contributed by atoms with Crippen LogP contribution in [0.25, 0.3) is 11.1 Å². The maximum atomic E-state index is 13.3. The fraction of sp³-hybridized carbons (Fsp3) is 0.286. The van der Waals surface area contributed by atoms with Gasteiger partial charge in [0, 0.05) is 25.4 Å². The van der Waals surface area contributed by atoms with Crippen molar-refractivity contribution in [2.75, 3.05) is 13.2 Å². The third kappa shape index (κ3) is 7.54. The van der Waals surface area contributed by atoms with Gasteiger partial charge in [0.1, 0.15) is 0 Å². The fourth-order valence-corrected chi connectivity index (χ4v) is 4.08. The molecule has 178 valence electrons. The molecule has 0 spiro atoms. The van der Waals surface area contributed by atoms with E-state index in [2.05, 4.69) is 36.4 Å². The number of amides is 2. The molecule has 6 heteroatoms. The summed E-state index contributed by atoms with van der Waals surface area (Å²) in [5.74, 6) is -1.36. The standard InChI is InChI=1S/C28H32N2O4/c31-19-18-30(21-23-8-3-1-4-9-23)28(33)26(20-27(32)29-34)13-7-10-22-14-16-25(17-15-22)24-11-5-2-6-12-24/h1-6,8-9,11-12,14-17,26,31,34H,7,10,13,18-21H2,(H,29,32)/t26-/m1/s1. The van der Waals surface area contributed by atoms with Gasteiger partial charge in [-0.2, -0.15) is 0 Å². The van der Waals surface area contributed by atoms with E-state index in [0.29, 0.717) is 13.0 Å². The van der Waals surface area contributed by atoms with Crippen LogP contribution in [0, 0.1) is 5.92 Å². The van der Waals surface area contributed by atoms with Gasteiger partial charge in [0.15, 0.2) is 0 Å². The van der Waals surface area contributed by atoms with Crippen molar-refractivity contribution in [1.82, 2.24) is 10.4 Å². The first-order valence-corrected chi connectivity index (χ1v) is 11.6. The maximum absolute atomic E-state index is 13.3. The molecule has 3 rings (SSSR count). The molecule has 0 aliphatic rings. The van der Waals surface area contributed by atoms with E-state index in [-0.39, 0.29) is 25.5 Å². The Labute approximate surface area is 200 Å². The summed E-state index contributed by atoms with van der Waals surface area (Å²) in [7, 11) is 0. The molecule has 0 saturated heterocycles. The molecule has 34 heavy (non-hydrogen) atoms. The van der Waals surface area contributed by atoms with Gasteiger partial charge < -0.3 is 10.0 Å². The molecule has 0 bridgehead atoms. The third-order valence-corrected chi connectivity index (χ3v) is 5.88. The van der Waals surface area contributed by atoms with Crippen molar-refractivity contribution in [2.24, 2.45) is 5.92 Å². The van der Waals surface area contributed by atoms with Crippen LogP contribution < -0.4 is 5.48 Å². The number of carbonyl (C=O) groups is 2. The quantitative estimate of drug-likeness (QED) is 0.279. The maximum Gasteiger partial charge on any atom is 0.244 e. The number of aliphatic hydroxyl groups excluding tert-OH is 1. The minimum Gasteiger partial charge on any atom is -0.395 e. The van der Waals surface area contributed by atoms with E-state index >= 15 is 0 Å². The van der Waals surface area contributed by atoms with Gasteiger partial charge >= 0.3 is 0 Å². The van der Waals surface area contributed by atoms with Crippen molar-refractivity contribution in [3.8, 4) is 11.1 Å². The molecule has 6 nitrogen and oxygen atoms in total. The van der Waals surface area contributed by atoms with Crippen molar-refractivity contribution < 1.29 is 19.9 Å². The second-order valence-electron chi connectivity index (χ2n) is 8.36. The van der Waals surface area contributed by atoms with Crippen LogP contribution in [0.4, 0.5) is 0 Å². The average molecular weight is 461 g/mol. The third-order valence-electron chi connectivity index (χ3n) is 5.88. The summed E-state index contributed by atoms with van der Waals surface area (Å²) in [6.07, 6.45) is 1.90. The minimum absolute atomic E-state index is 0.0982. The van der Waals surface area contributed by atoms with Gasteiger partial charge in [-0.25, -0.2) is 5.48 Å². The average Bonchev–Trinajstić information content (AvgIpc) is 2.89. The number of hydrogen-bond acceptors (Lipinski definition) is 4. The summed E-state index contributed by atoms with van der Waals surface area (Å²) >= 11 is 0. The van der Waals surface area contributed by atoms with Crippen molar-refractivity contribution in [3.05, 3.63) is 96.1 Å². The molecule has 1 atom stereocenters. The molecule has 3 N–H and O–H groups in total. The van der Waals surface area contributed by atoms with Crippen molar-refractivity contribution in [3.63, 3.8) is 0 Å². The van der Waals surface area contributed by atoms with Crippen LogP contribution in [0.3, 0.4) is 0 Å². The highest BCUT2D eigenvalue weighted by Gasteiger charge is 2.26. The lowest BCUT2D eigenvalue weighted by Crippen LogP contribution is -2.39. The Morgan fingerprint density at radius 3 is 2.06 bits per heavy atom. The van der Waals surface area contributed by atoms with Crippen LogP contribution in [-0.4, -0.2) is 40.2 Å². The van der Waals surface area contributed by atoms with E-state index in [9.17, 15) is 14.7 Å². The summed E-state index contributed by atoms with van der Waals surface area (Å²) in [5.41, 5.74) is 6.07. The van der Waals surface area contributed by atoms with Crippen LogP contribution in [0.1, 0.15) is 30.4 Å². The lowest BCUT2D eigenvalue weighted by atomic mass is 9.94. The Hall–Kier alpha value is -3.48. The first-order valence-electron chi connectivity index (χ1n) is 11.6. The number of nitrogens with one attached hydrogen (secondary N) is 1. The zero-order valence-electron chi connectivity index (χ0n) is 19.3. The number of carbonyl (C=O) groups excluding carboxylic acids is 2. The number of aryl methyl sites for hydroxylation is 1. The van der Waals surface area contributed by atoms with Crippen molar-refractivity contribution in [1.29, 1.82) is 0 Å². The highest BCUT2D eigenvalue weighted by Crippen LogP contribution is 2.22. The molecular weight excluding hydrogens is 428 g/mol. The van der Waals surface area contributed by atoms with E-state index in [4.69, 9.17) is 5.21 Å². The summed E-state index contributed by atoms with van der Waals surface area (Å²) < 4.78 is 0. The van der Waals surface area contributed by atoms with E-state index in [0.717, 1.165) is 35.1 Å². The van der Waals surface area contributed by atoms with E-state index in [1.807, 2.05) is 48.5 Å². The summed E-state index contributed by atoms with van der Waals surface area (Å²) in [4.78, 5) is 26.8. The SMILES string of the molecule is O=C(C[C@@H](CCCc1ccc(-c2ccccc2)cc1)C(=O)N(CCO)Cc1ccccc1)NO. The molecule has 0 radical (unpaired) electrons. The number of rotatable bonds is 12. The number of nitrogens with zero attached hydrogens (tertiary/aromatic N) is 1. The monoisotopic (exact) mass is 460 g/mol. The molecule has 0 fully saturated rings. The van der Waals surface area contributed by atoms with E-state index < -0.39 is 11.8 Å². The summed E-state index contributed by atoms with van der Waals surface area (Å²) in [6, 6.07) is 28.1. The minimum atomic E-state index is -0.589. The Kier molecular flexibility index (Phi) is 9.82. The largest absolute Gasteiger partial charge is 0.395 e. The van der Waals surface area contributed by atoms with Gasteiger partial charge in [-0.1, -0.05) is 84.9 Å². The molecule has 0 aromatic heterocycles. The predicted molar refractivity (Wildman–Crippen MR) is 132 cm³/mol. The fourth-order valence-electron chi connectivity index (χ4n) is 4.08. The molecule has 0 saturated carbocycles. The van der Waals surface area contributed by atoms with Crippen LogP contribution in [0.15, 0.2) is 84.9 Å². The summed E-state index contributed by atoms with van der Waals surface area (Å²) in [6.45, 7) is 0.385. The highest BCUT2D eigenvalue weighted by atomic mass is 16.5. The van der Waals surface area contributed by atoms with Crippen molar-refractivity contribution in [2.45, 2.75) is 32.2 Å². The van der Waals surface area contributed by atoms with Crippen LogP contribution in [-0.2, 0) is 22.6 Å². The van der Waals surface area contributed by atoms with Gasteiger partial charge in [0.2, 0.25) is 11.8 Å². The van der Waals surface area contributed by atoms with Gasteiger partial charge in [-0.05, 0) is 41.5 Å². The zero-order valence-corrected chi connectivity index (χ0v) is 19.3. The molecule has 0 aliphatic carbocycles. The lowest BCUT2D eigenvalue weighted by molar-refractivity contribution is -0.141. The molecule has 3 aromatic carbocycles. The molecule has 3 aromatic rings.